The molecule has 24 heavy (non-hydrogen) atoms. The van der Waals surface area contributed by atoms with Crippen LogP contribution >= 0.6 is 15.9 Å². The molecule has 2 fully saturated rings. The van der Waals surface area contributed by atoms with Crippen LogP contribution in [0.15, 0.2) is 26.3 Å². The van der Waals surface area contributed by atoms with Gasteiger partial charge in [-0.3, -0.25) is 9.59 Å². The number of rotatable bonds is 4. The Morgan fingerprint density at radius 1 is 1.38 bits per heavy atom. The van der Waals surface area contributed by atoms with E-state index in [2.05, 4.69) is 52.5 Å². The molecule has 0 spiro atoms. The number of furan rings is 1. The zero-order valence-electron chi connectivity index (χ0n) is 14.1. The monoisotopic (exact) mass is 395 g/mol. The third-order valence-electron chi connectivity index (χ3n) is 6.03. The van der Waals surface area contributed by atoms with E-state index in [0.29, 0.717) is 10.6 Å². The van der Waals surface area contributed by atoms with Gasteiger partial charge in [-0.1, -0.05) is 20.8 Å². The first-order chi connectivity index (χ1) is 11.2. The molecular formula is C17H22BrN3O3. The van der Waals surface area contributed by atoms with Gasteiger partial charge in [-0.15, -0.1) is 0 Å². The molecule has 3 rings (SSSR count). The summed E-state index contributed by atoms with van der Waals surface area (Å²) in [5.74, 6) is 0.0146. The quantitative estimate of drug-likeness (QED) is 0.768. The molecule has 0 radical (unpaired) electrons. The molecular weight excluding hydrogens is 374 g/mol. The number of fused-ring (bicyclic) bond motifs is 2. The van der Waals surface area contributed by atoms with E-state index in [4.69, 9.17) is 4.42 Å². The predicted molar refractivity (Wildman–Crippen MR) is 93.5 cm³/mol. The van der Waals surface area contributed by atoms with E-state index in [-0.39, 0.29) is 29.0 Å². The van der Waals surface area contributed by atoms with Crippen molar-refractivity contribution in [2.75, 3.05) is 6.54 Å². The van der Waals surface area contributed by atoms with Crippen LogP contribution in [0.3, 0.4) is 0 Å². The molecule has 2 bridgehead atoms. The van der Waals surface area contributed by atoms with Gasteiger partial charge >= 0.3 is 0 Å². The molecule has 2 amide bonds. The maximum absolute atomic E-state index is 11.9. The molecule has 2 atom stereocenters. The topological polar surface area (TPSA) is 83.7 Å². The summed E-state index contributed by atoms with van der Waals surface area (Å²) in [5.41, 5.74) is 3.92. The van der Waals surface area contributed by atoms with Crippen molar-refractivity contribution in [1.29, 1.82) is 0 Å². The molecule has 0 aliphatic heterocycles. The second kappa shape index (κ2) is 6.02. The van der Waals surface area contributed by atoms with Crippen LogP contribution in [-0.2, 0) is 4.79 Å². The number of hydrazone groups is 1. The van der Waals surface area contributed by atoms with Crippen LogP contribution in [0.2, 0.25) is 0 Å². The summed E-state index contributed by atoms with van der Waals surface area (Å²) < 4.78 is 5.60. The molecule has 2 N–H and O–H groups in total. The molecule has 0 saturated heterocycles. The van der Waals surface area contributed by atoms with Crippen LogP contribution < -0.4 is 10.7 Å². The Balaban J connectivity index is 1.54. The minimum atomic E-state index is -0.434. The van der Waals surface area contributed by atoms with Crippen LogP contribution in [0, 0.1) is 16.7 Å². The molecule has 6 nitrogen and oxygen atoms in total. The van der Waals surface area contributed by atoms with E-state index >= 15 is 0 Å². The fourth-order valence-corrected chi connectivity index (χ4v) is 4.26. The molecule has 2 aliphatic rings. The summed E-state index contributed by atoms with van der Waals surface area (Å²) in [4.78, 5) is 23.8. The Morgan fingerprint density at radius 3 is 2.67 bits per heavy atom. The van der Waals surface area contributed by atoms with Crippen molar-refractivity contribution in [1.82, 2.24) is 10.7 Å². The maximum atomic E-state index is 11.9. The van der Waals surface area contributed by atoms with Gasteiger partial charge in [-0.2, -0.15) is 5.10 Å². The summed E-state index contributed by atoms with van der Waals surface area (Å²) in [6.45, 7) is 6.67. The zero-order chi connectivity index (χ0) is 17.5. The van der Waals surface area contributed by atoms with E-state index in [1.54, 1.807) is 6.07 Å². The lowest BCUT2D eigenvalue weighted by Crippen LogP contribution is -2.37. The Morgan fingerprint density at radius 2 is 2.12 bits per heavy atom. The molecule has 1 aromatic rings. The second-order valence-electron chi connectivity index (χ2n) is 7.37. The Bertz CT molecular complexity index is 710. The summed E-state index contributed by atoms with van der Waals surface area (Å²) in [6.07, 6.45) is 3.28. The van der Waals surface area contributed by atoms with Gasteiger partial charge in [0.15, 0.2) is 10.4 Å². The van der Waals surface area contributed by atoms with Gasteiger partial charge in [-0.05, 0) is 58.7 Å². The fraction of sp³-hybridized carbons (Fsp3) is 0.588. The lowest BCUT2D eigenvalue weighted by molar-refractivity contribution is -0.120. The Labute approximate surface area is 149 Å². The number of carbonyl (C=O) groups is 2. The van der Waals surface area contributed by atoms with E-state index in [0.717, 1.165) is 18.6 Å². The van der Waals surface area contributed by atoms with E-state index < -0.39 is 5.91 Å². The summed E-state index contributed by atoms with van der Waals surface area (Å²) in [7, 11) is 0. The molecule has 0 aromatic carbocycles. The van der Waals surface area contributed by atoms with Gasteiger partial charge in [-0.25, -0.2) is 5.43 Å². The summed E-state index contributed by atoms with van der Waals surface area (Å²) in [5, 5.41) is 6.88. The maximum Gasteiger partial charge on any atom is 0.287 e. The van der Waals surface area contributed by atoms with Crippen molar-refractivity contribution in [3.05, 3.63) is 22.6 Å². The standard InChI is InChI=1S/C17H22BrN3O3/c1-16(2)10-6-7-17(16,3)12(8-10)20-21-14(22)9-19-15(23)11-4-5-13(18)24-11/h4-5,10H,6-9H2,1-3H3,(H,19,23)(H,21,22)/b20-12+/t10-,17-/m0/s1. The van der Waals surface area contributed by atoms with Crippen molar-refractivity contribution in [3.63, 3.8) is 0 Å². The lowest BCUT2D eigenvalue weighted by Gasteiger charge is -2.34. The highest BCUT2D eigenvalue weighted by molar-refractivity contribution is 9.10. The number of amides is 2. The van der Waals surface area contributed by atoms with Crippen molar-refractivity contribution in [2.45, 2.75) is 40.0 Å². The highest BCUT2D eigenvalue weighted by Crippen LogP contribution is 2.63. The van der Waals surface area contributed by atoms with Gasteiger partial charge in [0.2, 0.25) is 0 Å². The molecule has 2 saturated carbocycles. The third kappa shape index (κ3) is 2.79. The molecule has 1 heterocycles. The SMILES string of the molecule is CC1(C)[C@H]2CC[C@@]1(C)/C(=N/NC(=O)CNC(=O)c1ccc(Br)o1)C2. The average Bonchev–Trinajstić information content (AvgIpc) is 3.11. The van der Waals surface area contributed by atoms with E-state index in [1.807, 2.05) is 0 Å². The second-order valence-corrected chi connectivity index (χ2v) is 8.16. The predicted octanol–water partition coefficient (Wildman–Crippen LogP) is 3.09. The number of hydrogen-bond acceptors (Lipinski definition) is 4. The van der Waals surface area contributed by atoms with Gasteiger partial charge < -0.3 is 9.73 Å². The van der Waals surface area contributed by atoms with Crippen molar-refractivity contribution < 1.29 is 14.0 Å². The first-order valence-corrected chi connectivity index (χ1v) is 8.93. The summed E-state index contributed by atoms with van der Waals surface area (Å²) in [6, 6.07) is 3.16. The number of carbonyl (C=O) groups excluding carboxylic acids is 2. The van der Waals surface area contributed by atoms with Gasteiger partial charge in [0.05, 0.1) is 6.54 Å². The van der Waals surface area contributed by atoms with Crippen LogP contribution in [0.1, 0.15) is 50.6 Å². The van der Waals surface area contributed by atoms with E-state index in [9.17, 15) is 9.59 Å². The molecule has 7 heteroatoms. The fourth-order valence-electron chi connectivity index (χ4n) is 3.95. The largest absolute Gasteiger partial charge is 0.444 e. The molecule has 0 unspecified atom stereocenters. The Hall–Kier alpha value is -1.63. The third-order valence-corrected chi connectivity index (χ3v) is 6.46. The van der Waals surface area contributed by atoms with Gasteiger partial charge in [0.25, 0.3) is 11.8 Å². The highest BCUT2D eigenvalue weighted by atomic mass is 79.9. The Kier molecular flexibility index (Phi) is 4.32. The van der Waals surface area contributed by atoms with Crippen molar-refractivity contribution in [2.24, 2.45) is 21.8 Å². The smallest absolute Gasteiger partial charge is 0.287 e. The van der Waals surface area contributed by atoms with Crippen LogP contribution in [-0.4, -0.2) is 24.1 Å². The molecule has 1 aromatic heterocycles. The summed E-state index contributed by atoms with van der Waals surface area (Å²) >= 11 is 3.13. The zero-order valence-corrected chi connectivity index (χ0v) is 15.7. The van der Waals surface area contributed by atoms with Crippen molar-refractivity contribution >= 4 is 33.5 Å². The van der Waals surface area contributed by atoms with Gasteiger partial charge in [0, 0.05) is 11.1 Å². The normalized spacial score (nSPS) is 29.0. The van der Waals surface area contributed by atoms with Gasteiger partial charge in [0.1, 0.15) is 0 Å². The lowest BCUT2D eigenvalue weighted by atomic mass is 9.70. The van der Waals surface area contributed by atoms with Crippen LogP contribution in [0.25, 0.3) is 0 Å². The number of halogens is 1. The number of hydrogen-bond donors (Lipinski definition) is 2. The molecule has 130 valence electrons. The number of nitrogens with zero attached hydrogens (tertiary/aromatic N) is 1. The first-order valence-electron chi connectivity index (χ1n) is 8.13. The minimum Gasteiger partial charge on any atom is -0.444 e. The van der Waals surface area contributed by atoms with E-state index in [1.165, 1.54) is 12.5 Å². The average molecular weight is 396 g/mol. The highest BCUT2D eigenvalue weighted by Gasteiger charge is 2.59. The van der Waals surface area contributed by atoms with Crippen molar-refractivity contribution in [3.8, 4) is 0 Å². The van der Waals surface area contributed by atoms with Crippen LogP contribution in [0.5, 0.6) is 0 Å². The first kappa shape index (κ1) is 17.2. The minimum absolute atomic E-state index is 0.0502. The van der Waals surface area contributed by atoms with Crippen LogP contribution in [0.4, 0.5) is 0 Å². The molecule has 2 aliphatic carbocycles. The number of nitrogens with one attached hydrogen (secondary N) is 2.